The van der Waals surface area contributed by atoms with Crippen molar-refractivity contribution in [3.8, 4) is 11.5 Å². The van der Waals surface area contributed by atoms with E-state index in [0.717, 1.165) is 35.8 Å². The average molecular weight is 412 g/mol. The molecule has 1 amide bonds. The molecule has 0 radical (unpaired) electrons. The molecule has 4 rings (SSSR count). The van der Waals surface area contributed by atoms with Gasteiger partial charge >= 0.3 is 6.09 Å². The van der Waals surface area contributed by atoms with Gasteiger partial charge in [0.1, 0.15) is 17.6 Å². The smallest absolute Gasteiger partial charge is 0.414 e. The van der Waals surface area contributed by atoms with Gasteiger partial charge in [0.25, 0.3) is 0 Å². The van der Waals surface area contributed by atoms with E-state index in [1.165, 1.54) is 0 Å². The predicted molar refractivity (Wildman–Crippen MR) is 113 cm³/mol. The number of carbonyl (C=O) groups excluding carboxylic acids is 1. The molecule has 30 heavy (non-hydrogen) atoms. The van der Waals surface area contributed by atoms with Crippen LogP contribution in [0.1, 0.15) is 18.4 Å². The predicted octanol–water partition coefficient (Wildman–Crippen LogP) is 3.01. The van der Waals surface area contributed by atoms with Crippen LogP contribution in [0.2, 0.25) is 0 Å². The highest BCUT2D eigenvalue weighted by Crippen LogP contribution is 2.34. The van der Waals surface area contributed by atoms with Crippen molar-refractivity contribution in [3.05, 3.63) is 54.1 Å². The van der Waals surface area contributed by atoms with Crippen molar-refractivity contribution in [2.45, 2.75) is 24.5 Å². The zero-order valence-corrected chi connectivity index (χ0v) is 17.4. The van der Waals surface area contributed by atoms with Gasteiger partial charge in [0.15, 0.2) is 0 Å². The molecule has 1 N–H and O–H groups in total. The van der Waals surface area contributed by atoms with Crippen molar-refractivity contribution in [1.82, 2.24) is 4.90 Å². The van der Waals surface area contributed by atoms with E-state index in [2.05, 4.69) is 4.90 Å². The number of aliphatic hydroxyl groups is 1. The lowest BCUT2D eigenvalue weighted by Gasteiger charge is -2.39. The minimum atomic E-state index is -0.829. The molecule has 0 spiro atoms. The summed E-state index contributed by atoms with van der Waals surface area (Å²) in [5.74, 6) is 1.53. The van der Waals surface area contributed by atoms with Gasteiger partial charge in [-0.1, -0.05) is 12.1 Å². The van der Waals surface area contributed by atoms with Crippen molar-refractivity contribution in [2.75, 3.05) is 45.3 Å². The molecule has 2 fully saturated rings. The number of carbonyl (C=O) groups is 1. The molecule has 0 saturated carbocycles. The number of anilines is 1. The summed E-state index contributed by atoms with van der Waals surface area (Å²) >= 11 is 0. The summed E-state index contributed by atoms with van der Waals surface area (Å²) in [5.41, 5.74) is 0.890. The van der Waals surface area contributed by atoms with Gasteiger partial charge in [-0.3, -0.25) is 9.80 Å². The van der Waals surface area contributed by atoms with E-state index < -0.39 is 5.60 Å². The van der Waals surface area contributed by atoms with E-state index in [1.54, 1.807) is 19.1 Å². The minimum absolute atomic E-state index is 0.188. The number of rotatable bonds is 6. The fraction of sp³-hybridized carbons (Fsp3) is 0.435. The van der Waals surface area contributed by atoms with E-state index >= 15 is 0 Å². The highest BCUT2D eigenvalue weighted by Gasteiger charge is 2.37. The fourth-order valence-electron chi connectivity index (χ4n) is 4.17. The molecule has 2 aliphatic heterocycles. The molecule has 2 saturated heterocycles. The topological polar surface area (TPSA) is 71.5 Å². The Balaban J connectivity index is 1.32. The third-order valence-electron chi connectivity index (χ3n) is 6.03. The van der Waals surface area contributed by atoms with Gasteiger partial charge in [0.05, 0.1) is 26.4 Å². The van der Waals surface area contributed by atoms with Crippen LogP contribution in [0.15, 0.2) is 48.5 Å². The largest absolute Gasteiger partial charge is 0.497 e. The summed E-state index contributed by atoms with van der Waals surface area (Å²) in [7, 11) is 3.25. The zero-order valence-electron chi connectivity index (χ0n) is 17.4. The van der Waals surface area contributed by atoms with Crippen molar-refractivity contribution in [2.24, 2.45) is 0 Å². The second-order valence-corrected chi connectivity index (χ2v) is 7.88. The Morgan fingerprint density at radius 1 is 1.00 bits per heavy atom. The first-order valence-corrected chi connectivity index (χ1v) is 10.2. The van der Waals surface area contributed by atoms with Crippen LogP contribution >= 0.6 is 0 Å². The summed E-state index contributed by atoms with van der Waals surface area (Å²) in [6.45, 7) is 2.68. The minimum Gasteiger partial charge on any atom is -0.497 e. The molecule has 2 aromatic rings. The Labute approximate surface area is 176 Å². The zero-order chi connectivity index (χ0) is 21.1. The first kappa shape index (κ1) is 20.5. The van der Waals surface area contributed by atoms with Crippen molar-refractivity contribution in [1.29, 1.82) is 0 Å². The molecule has 2 aromatic carbocycles. The fourth-order valence-corrected chi connectivity index (χ4v) is 4.17. The molecule has 0 aromatic heterocycles. The monoisotopic (exact) mass is 412 g/mol. The highest BCUT2D eigenvalue weighted by molar-refractivity contribution is 5.89. The lowest BCUT2D eigenvalue weighted by molar-refractivity contribution is -0.0325. The van der Waals surface area contributed by atoms with Gasteiger partial charge in [-0.05, 0) is 54.8 Å². The number of benzene rings is 2. The molecule has 0 unspecified atom stereocenters. The third-order valence-corrected chi connectivity index (χ3v) is 6.03. The molecule has 1 atom stereocenters. The van der Waals surface area contributed by atoms with E-state index in [1.807, 2.05) is 48.5 Å². The normalized spacial score (nSPS) is 21.4. The van der Waals surface area contributed by atoms with Crippen LogP contribution in [0.5, 0.6) is 11.5 Å². The number of piperidine rings is 1. The molecule has 0 bridgehead atoms. The van der Waals surface area contributed by atoms with E-state index in [4.69, 9.17) is 14.2 Å². The van der Waals surface area contributed by atoms with E-state index in [-0.39, 0.29) is 12.2 Å². The first-order valence-electron chi connectivity index (χ1n) is 10.2. The second kappa shape index (κ2) is 8.53. The summed E-state index contributed by atoms with van der Waals surface area (Å²) in [6, 6.07) is 15.0. The summed E-state index contributed by atoms with van der Waals surface area (Å²) in [6.07, 6.45) is 0.772. The molecule has 7 nitrogen and oxygen atoms in total. The average Bonchev–Trinajstić information content (AvgIpc) is 3.15. The lowest BCUT2D eigenvalue weighted by atomic mass is 9.84. The van der Waals surface area contributed by atoms with Gasteiger partial charge in [0.2, 0.25) is 0 Å². The SMILES string of the molecule is COc1ccc(N2C[C@H](CN3CCC(O)(c4ccc(OC)cc4)CC3)OC2=O)cc1. The van der Waals surface area contributed by atoms with Gasteiger partial charge in [-0.25, -0.2) is 4.79 Å². The van der Waals surface area contributed by atoms with Gasteiger partial charge in [-0.2, -0.15) is 0 Å². The second-order valence-electron chi connectivity index (χ2n) is 7.88. The number of nitrogens with zero attached hydrogens (tertiary/aromatic N) is 2. The van der Waals surface area contributed by atoms with Crippen LogP contribution in [-0.2, 0) is 10.3 Å². The van der Waals surface area contributed by atoms with Crippen LogP contribution in [0.25, 0.3) is 0 Å². The quantitative estimate of drug-likeness (QED) is 0.787. The van der Waals surface area contributed by atoms with Gasteiger partial charge in [0, 0.05) is 25.3 Å². The van der Waals surface area contributed by atoms with Crippen LogP contribution in [0.3, 0.4) is 0 Å². The third kappa shape index (κ3) is 4.22. The van der Waals surface area contributed by atoms with Crippen molar-refractivity contribution >= 4 is 11.8 Å². The van der Waals surface area contributed by atoms with E-state index in [0.29, 0.717) is 25.9 Å². The number of methoxy groups -OCH3 is 2. The Kier molecular flexibility index (Phi) is 5.83. The van der Waals surface area contributed by atoms with Gasteiger partial charge in [-0.15, -0.1) is 0 Å². The van der Waals surface area contributed by atoms with Crippen molar-refractivity contribution < 1.29 is 24.1 Å². The standard InChI is InChI=1S/C23H28N2O5/c1-28-19-7-3-17(4-8-19)23(27)11-13-24(14-12-23)15-21-16-25(22(26)30-21)18-5-9-20(29-2)10-6-18/h3-10,21,27H,11-16H2,1-2H3/t21-/m0/s1. The Morgan fingerprint density at radius 2 is 1.57 bits per heavy atom. The number of likely N-dealkylation sites (tertiary alicyclic amines) is 1. The maximum atomic E-state index is 12.3. The van der Waals surface area contributed by atoms with Crippen LogP contribution in [-0.4, -0.2) is 62.6 Å². The molecule has 2 heterocycles. The number of hydrogen-bond donors (Lipinski definition) is 1. The Morgan fingerprint density at radius 3 is 2.13 bits per heavy atom. The van der Waals surface area contributed by atoms with Crippen molar-refractivity contribution in [3.63, 3.8) is 0 Å². The molecule has 0 aliphatic carbocycles. The molecule has 2 aliphatic rings. The maximum absolute atomic E-state index is 12.3. The number of ether oxygens (including phenoxy) is 3. The molecular weight excluding hydrogens is 384 g/mol. The number of amides is 1. The number of cyclic esters (lactones) is 1. The Bertz CT molecular complexity index is 860. The molecule has 160 valence electrons. The summed E-state index contributed by atoms with van der Waals surface area (Å²) in [5, 5.41) is 11.1. The number of hydrogen-bond acceptors (Lipinski definition) is 6. The summed E-state index contributed by atoms with van der Waals surface area (Å²) < 4.78 is 16.0. The first-order chi connectivity index (χ1) is 14.5. The van der Waals surface area contributed by atoms with Gasteiger partial charge < -0.3 is 19.3 Å². The van der Waals surface area contributed by atoms with Crippen LogP contribution in [0, 0.1) is 0 Å². The highest BCUT2D eigenvalue weighted by atomic mass is 16.6. The summed E-state index contributed by atoms with van der Waals surface area (Å²) in [4.78, 5) is 16.2. The lowest BCUT2D eigenvalue weighted by Crippen LogP contribution is -2.45. The van der Waals surface area contributed by atoms with E-state index in [9.17, 15) is 9.90 Å². The van der Waals surface area contributed by atoms with Crippen LogP contribution in [0.4, 0.5) is 10.5 Å². The Hall–Kier alpha value is -2.77. The maximum Gasteiger partial charge on any atom is 0.414 e. The van der Waals surface area contributed by atoms with Crippen LogP contribution < -0.4 is 14.4 Å². The molecule has 7 heteroatoms. The molecular formula is C23H28N2O5.